The highest BCUT2D eigenvalue weighted by atomic mass is 35.5. The SMILES string of the molecule is CC(C)C(CO)NC(=O)c1ccc(O)cc1OC[C@H](O)CN1CCC2(CC1)Cc1cc(Cl)ccc1O2. The second-order valence-corrected chi connectivity index (χ2v) is 10.6. The van der Waals surface area contributed by atoms with E-state index in [0.717, 1.165) is 48.7 Å². The first-order chi connectivity index (χ1) is 17.2. The van der Waals surface area contributed by atoms with Crippen molar-refractivity contribution in [2.75, 3.05) is 32.8 Å². The van der Waals surface area contributed by atoms with Crippen molar-refractivity contribution in [3.63, 3.8) is 0 Å². The number of nitrogens with zero attached hydrogens (tertiary/aromatic N) is 1. The van der Waals surface area contributed by atoms with E-state index in [9.17, 15) is 20.1 Å². The van der Waals surface area contributed by atoms with Crippen LogP contribution in [0.25, 0.3) is 0 Å². The maximum atomic E-state index is 12.8. The average molecular weight is 519 g/mol. The topological polar surface area (TPSA) is 111 Å². The van der Waals surface area contributed by atoms with Crippen molar-refractivity contribution in [2.45, 2.75) is 50.9 Å². The van der Waals surface area contributed by atoms with Gasteiger partial charge in [0.25, 0.3) is 5.91 Å². The van der Waals surface area contributed by atoms with Gasteiger partial charge in [0, 0.05) is 50.0 Å². The molecule has 0 aromatic heterocycles. The highest BCUT2D eigenvalue weighted by Gasteiger charge is 2.42. The van der Waals surface area contributed by atoms with Gasteiger partial charge in [-0.2, -0.15) is 0 Å². The van der Waals surface area contributed by atoms with E-state index in [1.54, 1.807) is 0 Å². The molecule has 2 heterocycles. The summed E-state index contributed by atoms with van der Waals surface area (Å²) in [6.45, 7) is 5.60. The van der Waals surface area contributed by atoms with Crippen LogP contribution >= 0.6 is 11.6 Å². The van der Waals surface area contributed by atoms with Gasteiger partial charge in [0.1, 0.15) is 35.6 Å². The molecule has 1 unspecified atom stereocenters. The molecule has 1 spiro atoms. The van der Waals surface area contributed by atoms with Crippen LogP contribution in [0.15, 0.2) is 36.4 Å². The number of phenols is 1. The number of carbonyl (C=O) groups excluding carboxylic acids is 1. The molecule has 2 aliphatic rings. The molecule has 0 saturated carbocycles. The second kappa shape index (κ2) is 11.3. The standard InChI is InChI=1S/C27H35ClN2O6/c1-17(2)23(15-31)29-26(34)22-5-4-20(32)12-25(22)35-16-21(33)14-30-9-7-27(8-10-30)13-18-11-19(28)3-6-24(18)36-27/h3-6,11-12,17,21,23,31-33H,7-10,13-16H2,1-2H3,(H,29,34)/t21-,23?/m1/s1. The van der Waals surface area contributed by atoms with E-state index in [4.69, 9.17) is 21.1 Å². The van der Waals surface area contributed by atoms with Crippen LogP contribution < -0.4 is 14.8 Å². The monoisotopic (exact) mass is 518 g/mol. The minimum absolute atomic E-state index is 0.0283. The fourth-order valence-corrected chi connectivity index (χ4v) is 5.04. The largest absolute Gasteiger partial charge is 0.508 e. The molecule has 0 bridgehead atoms. The van der Waals surface area contributed by atoms with Crippen molar-refractivity contribution in [1.82, 2.24) is 10.2 Å². The molecule has 2 aromatic carbocycles. The molecule has 2 aliphatic heterocycles. The zero-order valence-corrected chi connectivity index (χ0v) is 21.5. The van der Waals surface area contributed by atoms with Crippen LogP contribution in [-0.4, -0.2) is 76.7 Å². The third-order valence-electron chi connectivity index (χ3n) is 7.06. The Labute approximate surface area is 216 Å². The normalized spacial score (nSPS) is 18.5. The van der Waals surface area contributed by atoms with Crippen molar-refractivity contribution in [2.24, 2.45) is 5.92 Å². The number of nitrogens with one attached hydrogen (secondary N) is 1. The number of piperidine rings is 1. The predicted molar refractivity (Wildman–Crippen MR) is 137 cm³/mol. The molecule has 1 fully saturated rings. The lowest BCUT2D eigenvalue weighted by molar-refractivity contribution is -0.00201. The summed E-state index contributed by atoms with van der Waals surface area (Å²) in [4.78, 5) is 14.9. The minimum Gasteiger partial charge on any atom is -0.508 e. The Kier molecular flexibility index (Phi) is 8.30. The number of fused-ring (bicyclic) bond motifs is 1. The number of carbonyl (C=O) groups is 1. The molecule has 2 atom stereocenters. The number of halogens is 1. The number of β-amino-alcohol motifs (C(OH)–C–C–N with tert-alkyl or cyclic N) is 1. The minimum atomic E-state index is -0.779. The summed E-state index contributed by atoms with van der Waals surface area (Å²) < 4.78 is 12.1. The van der Waals surface area contributed by atoms with Crippen LogP contribution in [-0.2, 0) is 6.42 Å². The maximum absolute atomic E-state index is 12.8. The zero-order chi connectivity index (χ0) is 25.9. The van der Waals surface area contributed by atoms with Gasteiger partial charge in [0.15, 0.2) is 0 Å². The zero-order valence-electron chi connectivity index (χ0n) is 20.7. The first-order valence-corrected chi connectivity index (χ1v) is 12.8. The number of hydrogen-bond donors (Lipinski definition) is 4. The van der Waals surface area contributed by atoms with E-state index in [1.165, 1.54) is 18.2 Å². The second-order valence-electron chi connectivity index (χ2n) is 10.2. The Balaban J connectivity index is 1.29. The molecule has 0 radical (unpaired) electrons. The number of ether oxygens (including phenoxy) is 2. The molecule has 2 aromatic rings. The lowest BCUT2D eigenvalue weighted by Gasteiger charge is -2.39. The summed E-state index contributed by atoms with van der Waals surface area (Å²) in [6.07, 6.45) is 1.77. The first-order valence-electron chi connectivity index (χ1n) is 12.4. The molecule has 4 rings (SSSR count). The summed E-state index contributed by atoms with van der Waals surface area (Å²) in [7, 11) is 0. The smallest absolute Gasteiger partial charge is 0.255 e. The van der Waals surface area contributed by atoms with Gasteiger partial charge >= 0.3 is 0 Å². The van der Waals surface area contributed by atoms with E-state index >= 15 is 0 Å². The van der Waals surface area contributed by atoms with Gasteiger partial charge in [0.2, 0.25) is 0 Å². The van der Waals surface area contributed by atoms with E-state index in [1.807, 2.05) is 32.0 Å². The molecule has 196 valence electrons. The molecule has 36 heavy (non-hydrogen) atoms. The number of aromatic hydroxyl groups is 1. The fraction of sp³-hybridized carbons (Fsp3) is 0.519. The molecule has 0 aliphatic carbocycles. The molecule has 8 nitrogen and oxygen atoms in total. The number of hydrogen-bond acceptors (Lipinski definition) is 7. The number of benzene rings is 2. The van der Waals surface area contributed by atoms with E-state index in [-0.39, 0.29) is 41.8 Å². The molecular weight excluding hydrogens is 484 g/mol. The Morgan fingerprint density at radius 2 is 1.97 bits per heavy atom. The van der Waals surface area contributed by atoms with Gasteiger partial charge < -0.3 is 35.0 Å². The Hall–Kier alpha value is -2.52. The lowest BCUT2D eigenvalue weighted by Crippen LogP contribution is -2.49. The maximum Gasteiger partial charge on any atom is 0.255 e. The van der Waals surface area contributed by atoms with Crippen LogP contribution in [0.4, 0.5) is 0 Å². The summed E-state index contributed by atoms with van der Waals surface area (Å²) in [5.41, 5.74) is 1.17. The van der Waals surface area contributed by atoms with Gasteiger partial charge in [-0.3, -0.25) is 4.79 Å². The summed E-state index contributed by atoms with van der Waals surface area (Å²) in [5.74, 6) is 0.685. The van der Waals surface area contributed by atoms with Crippen molar-refractivity contribution in [3.05, 3.63) is 52.5 Å². The Bertz CT molecular complexity index is 1070. The van der Waals surface area contributed by atoms with Crippen LogP contribution in [0, 0.1) is 5.92 Å². The molecule has 1 amide bonds. The molecule has 4 N–H and O–H groups in total. The lowest BCUT2D eigenvalue weighted by atomic mass is 9.87. The van der Waals surface area contributed by atoms with Crippen molar-refractivity contribution in [3.8, 4) is 17.2 Å². The van der Waals surface area contributed by atoms with E-state index in [2.05, 4.69) is 10.2 Å². The fourth-order valence-electron chi connectivity index (χ4n) is 4.85. The first kappa shape index (κ1) is 26.5. The van der Waals surface area contributed by atoms with Gasteiger partial charge in [0.05, 0.1) is 18.2 Å². The molecule has 1 saturated heterocycles. The molecular formula is C27H35ClN2O6. The number of phenolic OH excluding ortho intramolecular Hbond substituents is 1. The third kappa shape index (κ3) is 6.24. The van der Waals surface area contributed by atoms with Gasteiger partial charge in [-0.25, -0.2) is 0 Å². The van der Waals surface area contributed by atoms with Crippen LogP contribution in [0.1, 0.15) is 42.6 Å². The van der Waals surface area contributed by atoms with Crippen LogP contribution in [0.3, 0.4) is 0 Å². The predicted octanol–water partition coefficient (Wildman–Crippen LogP) is 3.00. The van der Waals surface area contributed by atoms with Gasteiger partial charge in [-0.1, -0.05) is 25.4 Å². The highest BCUT2D eigenvalue weighted by Crippen LogP contribution is 2.42. The van der Waals surface area contributed by atoms with Crippen molar-refractivity contribution >= 4 is 17.5 Å². The highest BCUT2D eigenvalue weighted by molar-refractivity contribution is 6.30. The Morgan fingerprint density at radius 1 is 1.22 bits per heavy atom. The van der Waals surface area contributed by atoms with Crippen molar-refractivity contribution < 1.29 is 29.6 Å². The number of aliphatic hydroxyl groups is 2. The summed E-state index contributed by atoms with van der Waals surface area (Å²) in [6, 6.07) is 9.59. The molecule has 9 heteroatoms. The van der Waals surface area contributed by atoms with Gasteiger partial charge in [-0.15, -0.1) is 0 Å². The third-order valence-corrected chi connectivity index (χ3v) is 7.29. The van der Waals surface area contributed by atoms with Gasteiger partial charge in [-0.05, 0) is 41.8 Å². The van der Waals surface area contributed by atoms with Crippen LogP contribution in [0.5, 0.6) is 17.2 Å². The quantitative estimate of drug-likeness (QED) is 0.404. The van der Waals surface area contributed by atoms with E-state index < -0.39 is 18.1 Å². The number of likely N-dealkylation sites (tertiary alicyclic amines) is 1. The van der Waals surface area contributed by atoms with E-state index in [0.29, 0.717) is 6.54 Å². The summed E-state index contributed by atoms with van der Waals surface area (Å²) >= 11 is 6.13. The van der Waals surface area contributed by atoms with Crippen molar-refractivity contribution in [1.29, 1.82) is 0 Å². The number of aliphatic hydroxyl groups excluding tert-OH is 2. The Morgan fingerprint density at radius 3 is 2.67 bits per heavy atom. The average Bonchev–Trinajstić information content (AvgIpc) is 3.19. The van der Waals surface area contributed by atoms with Crippen LogP contribution in [0.2, 0.25) is 5.02 Å². The number of amides is 1. The summed E-state index contributed by atoms with van der Waals surface area (Å²) in [5, 5.41) is 33.6. The number of rotatable bonds is 9.